The third-order valence-electron chi connectivity index (χ3n) is 5.49. The first-order chi connectivity index (χ1) is 16.0. The van der Waals surface area contributed by atoms with Crippen molar-refractivity contribution in [1.82, 2.24) is 10.2 Å². The van der Waals surface area contributed by atoms with Gasteiger partial charge in [-0.05, 0) is 48.6 Å². The van der Waals surface area contributed by atoms with Crippen molar-refractivity contribution in [2.24, 2.45) is 0 Å². The predicted molar refractivity (Wildman–Crippen MR) is 132 cm³/mol. The second kappa shape index (κ2) is 12.0. The van der Waals surface area contributed by atoms with E-state index in [0.29, 0.717) is 17.8 Å². The third kappa shape index (κ3) is 7.28. The van der Waals surface area contributed by atoms with E-state index in [1.54, 1.807) is 19.1 Å². The summed E-state index contributed by atoms with van der Waals surface area (Å²) in [6.45, 7) is 7.43. The smallest absolute Gasteiger partial charge is 0.244 e. The number of nitrogens with zero attached hydrogens (tertiary/aromatic N) is 2. The maximum atomic E-state index is 13.5. The van der Waals surface area contributed by atoms with Gasteiger partial charge >= 0.3 is 0 Å². The van der Waals surface area contributed by atoms with Gasteiger partial charge in [0.25, 0.3) is 0 Å². The van der Waals surface area contributed by atoms with E-state index in [0.717, 1.165) is 22.5 Å². The Morgan fingerprint density at radius 3 is 2.21 bits per heavy atom. The number of anilines is 1. The van der Waals surface area contributed by atoms with Crippen LogP contribution in [-0.2, 0) is 26.2 Å². The van der Waals surface area contributed by atoms with Gasteiger partial charge in [-0.2, -0.15) is 0 Å². The number of halogens is 1. The summed E-state index contributed by atoms with van der Waals surface area (Å²) in [5.41, 5.74) is 1.84. The van der Waals surface area contributed by atoms with E-state index >= 15 is 0 Å². The minimum atomic E-state index is -3.81. The third-order valence-corrected chi connectivity index (χ3v) is 6.62. The van der Waals surface area contributed by atoms with Crippen LogP contribution in [0.3, 0.4) is 0 Å². The monoisotopic (exact) mass is 491 g/mol. The molecule has 0 radical (unpaired) electrons. The van der Waals surface area contributed by atoms with Crippen LogP contribution < -0.4 is 9.62 Å². The summed E-state index contributed by atoms with van der Waals surface area (Å²) in [5, 5.41) is 2.78. The number of nitrogens with one attached hydrogen (secondary N) is 1. The number of carbonyl (C=O) groups is 2. The quantitative estimate of drug-likeness (QED) is 0.520. The Balaban J connectivity index is 2.43. The first-order valence-electron chi connectivity index (χ1n) is 11.3. The molecular weight excluding hydrogens is 457 g/mol. The Morgan fingerprint density at radius 2 is 1.65 bits per heavy atom. The molecule has 9 heteroatoms. The Bertz CT molecular complexity index is 1090. The molecule has 0 unspecified atom stereocenters. The van der Waals surface area contributed by atoms with Gasteiger partial charge in [-0.1, -0.05) is 51.1 Å². The zero-order chi connectivity index (χ0) is 25.5. The van der Waals surface area contributed by atoms with Crippen molar-refractivity contribution in [2.75, 3.05) is 23.7 Å². The summed E-state index contributed by atoms with van der Waals surface area (Å²) in [4.78, 5) is 27.5. The van der Waals surface area contributed by atoms with Crippen molar-refractivity contribution in [2.45, 2.75) is 52.6 Å². The minimum absolute atomic E-state index is 0.0310. The number of sulfonamides is 1. The number of hydrogen-bond donors (Lipinski definition) is 1. The lowest BCUT2D eigenvalue weighted by atomic mass is 10.0. The highest BCUT2D eigenvalue weighted by molar-refractivity contribution is 7.92. The van der Waals surface area contributed by atoms with Crippen LogP contribution in [0.5, 0.6) is 0 Å². The second-order valence-corrected chi connectivity index (χ2v) is 10.5. The van der Waals surface area contributed by atoms with Crippen LogP contribution in [-0.4, -0.2) is 50.5 Å². The van der Waals surface area contributed by atoms with Crippen LogP contribution in [0.15, 0.2) is 48.5 Å². The fourth-order valence-electron chi connectivity index (χ4n) is 3.56. The molecule has 0 aliphatic heterocycles. The average molecular weight is 492 g/mol. The largest absolute Gasteiger partial charge is 0.354 e. The van der Waals surface area contributed by atoms with Gasteiger partial charge in [0, 0.05) is 13.1 Å². The van der Waals surface area contributed by atoms with Gasteiger partial charge in [0.05, 0.1) is 11.9 Å². The fourth-order valence-corrected chi connectivity index (χ4v) is 4.43. The Morgan fingerprint density at radius 1 is 1.03 bits per heavy atom. The fraction of sp³-hybridized carbons (Fsp3) is 0.440. The van der Waals surface area contributed by atoms with Crippen molar-refractivity contribution in [3.05, 3.63) is 65.5 Å². The molecule has 0 spiro atoms. The van der Waals surface area contributed by atoms with Gasteiger partial charge in [0.15, 0.2) is 0 Å². The topological polar surface area (TPSA) is 86.8 Å². The van der Waals surface area contributed by atoms with Crippen LogP contribution in [0, 0.1) is 5.82 Å². The molecule has 34 heavy (non-hydrogen) atoms. The van der Waals surface area contributed by atoms with Crippen LogP contribution >= 0.6 is 0 Å². The van der Waals surface area contributed by atoms with Crippen LogP contribution in [0.1, 0.15) is 51.2 Å². The first kappa shape index (κ1) is 27.3. The number of benzene rings is 2. The molecule has 0 bridgehead atoms. The van der Waals surface area contributed by atoms with Gasteiger partial charge in [0.1, 0.15) is 18.4 Å². The second-order valence-electron chi connectivity index (χ2n) is 8.60. The molecule has 2 amide bonds. The first-order valence-corrected chi connectivity index (χ1v) is 13.2. The maximum Gasteiger partial charge on any atom is 0.244 e. The molecule has 0 heterocycles. The minimum Gasteiger partial charge on any atom is -0.354 e. The van der Waals surface area contributed by atoms with Crippen molar-refractivity contribution in [1.29, 1.82) is 0 Å². The lowest BCUT2D eigenvalue weighted by Gasteiger charge is -2.32. The highest BCUT2D eigenvalue weighted by Gasteiger charge is 2.31. The summed E-state index contributed by atoms with van der Waals surface area (Å²) in [6.07, 6.45) is 1.79. The van der Waals surface area contributed by atoms with Crippen LogP contribution in [0.2, 0.25) is 0 Å². The van der Waals surface area contributed by atoms with Gasteiger partial charge in [-0.25, -0.2) is 12.8 Å². The molecular formula is C25H34FN3O4S. The Labute approximate surface area is 202 Å². The van der Waals surface area contributed by atoms with E-state index in [9.17, 15) is 22.4 Å². The molecule has 0 fully saturated rings. The number of rotatable bonds is 11. The van der Waals surface area contributed by atoms with Gasteiger partial charge in [-0.15, -0.1) is 0 Å². The molecule has 0 saturated carbocycles. The van der Waals surface area contributed by atoms with Crippen molar-refractivity contribution in [3.63, 3.8) is 0 Å². The van der Waals surface area contributed by atoms with Crippen LogP contribution in [0.4, 0.5) is 10.1 Å². The summed E-state index contributed by atoms with van der Waals surface area (Å²) in [6, 6.07) is 11.8. The van der Waals surface area contributed by atoms with E-state index in [2.05, 4.69) is 5.32 Å². The molecule has 2 aromatic rings. The maximum absolute atomic E-state index is 13.5. The van der Waals surface area contributed by atoms with E-state index in [-0.39, 0.29) is 18.4 Å². The average Bonchev–Trinajstić information content (AvgIpc) is 2.79. The highest BCUT2D eigenvalue weighted by atomic mass is 32.2. The SMILES string of the molecule is CCCNC(=O)[C@H](C)N(Cc1ccc(F)cc1)C(=O)CN(c1ccccc1C(C)C)S(C)(=O)=O. The molecule has 0 aliphatic carbocycles. The van der Waals surface area contributed by atoms with E-state index < -0.39 is 34.3 Å². The van der Waals surface area contributed by atoms with Crippen molar-refractivity contribution < 1.29 is 22.4 Å². The number of para-hydroxylation sites is 1. The van der Waals surface area contributed by atoms with Crippen LogP contribution in [0.25, 0.3) is 0 Å². The summed E-state index contributed by atoms with van der Waals surface area (Å²) in [5.74, 6) is -1.26. The van der Waals surface area contributed by atoms with Gasteiger partial charge in [-0.3, -0.25) is 13.9 Å². The number of hydrogen-bond acceptors (Lipinski definition) is 4. The summed E-state index contributed by atoms with van der Waals surface area (Å²) >= 11 is 0. The molecule has 2 rings (SSSR count). The summed E-state index contributed by atoms with van der Waals surface area (Å²) < 4.78 is 39.9. The predicted octanol–water partition coefficient (Wildman–Crippen LogP) is 3.66. The molecule has 186 valence electrons. The van der Waals surface area contributed by atoms with E-state index in [4.69, 9.17) is 0 Å². The molecule has 1 atom stereocenters. The lowest BCUT2D eigenvalue weighted by Crippen LogP contribution is -2.51. The molecule has 0 aliphatic rings. The zero-order valence-electron chi connectivity index (χ0n) is 20.4. The Hall–Kier alpha value is -2.94. The number of carbonyl (C=O) groups excluding carboxylic acids is 2. The zero-order valence-corrected chi connectivity index (χ0v) is 21.2. The molecule has 7 nitrogen and oxygen atoms in total. The normalized spacial score (nSPS) is 12.3. The van der Waals surface area contributed by atoms with E-state index in [1.807, 2.05) is 32.9 Å². The molecule has 1 N–H and O–H groups in total. The van der Waals surface area contributed by atoms with Crippen molar-refractivity contribution >= 4 is 27.5 Å². The molecule has 2 aromatic carbocycles. The van der Waals surface area contributed by atoms with Crippen molar-refractivity contribution in [3.8, 4) is 0 Å². The van der Waals surface area contributed by atoms with E-state index in [1.165, 1.54) is 29.2 Å². The molecule has 0 saturated heterocycles. The van der Waals surface area contributed by atoms with Gasteiger partial charge < -0.3 is 10.2 Å². The van der Waals surface area contributed by atoms with Gasteiger partial charge in [0.2, 0.25) is 21.8 Å². The highest BCUT2D eigenvalue weighted by Crippen LogP contribution is 2.29. The Kier molecular flexibility index (Phi) is 9.61. The lowest BCUT2D eigenvalue weighted by molar-refractivity contribution is -0.139. The standard InChI is InChI=1S/C25H34FN3O4S/c1-6-15-27-25(31)19(4)28(16-20-11-13-21(26)14-12-20)24(30)17-29(34(5,32)33)23-10-8-7-9-22(23)18(2)3/h7-14,18-19H,6,15-17H2,1-5H3,(H,27,31)/t19-/m0/s1. The molecule has 0 aromatic heterocycles. The summed E-state index contributed by atoms with van der Waals surface area (Å²) in [7, 11) is -3.81. The number of amides is 2.